The van der Waals surface area contributed by atoms with Gasteiger partial charge in [0.1, 0.15) is 0 Å². The standard InChI is InChI=1S/C21H28N4O2/c1-4-23(5-2)21(27)19-22-18(17-14-10-11-15-25(17)19)20(26)24(6-3)16-12-8-7-9-13-16/h7-9,12-13H,4-6,10-11,14-15H2,1-3H3. The Hall–Kier alpha value is -2.63. The lowest BCUT2D eigenvalue weighted by Crippen LogP contribution is -2.33. The Labute approximate surface area is 160 Å². The highest BCUT2D eigenvalue weighted by Gasteiger charge is 2.31. The molecule has 1 aromatic heterocycles. The van der Waals surface area contributed by atoms with E-state index in [4.69, 9.17) is 0 Å². The Kier molecular flexibility index (Phi) is 5.94. The first kappa shape index (κ1) is 19.1. The molecular weight excluding hydrogens is 340 g/mol. The average molecular weight is 368 g/mol. The normalized spacial score (nSPS) is 13.1. The molecule has 0 saturated heterocycles. The van der Waals surface area contributed by atoms with Gasteiger partial charge in [-0.3, -0.25) is 9.59 Å². The molecule has 2 heterocycles. The zero-order valence-corrected chi connectivity index (χ0v) is 16.4. The van der Waals surface area contributed by atoms with Crippen molar-refractivity contribution in [3.63, 3.8) is 0 Å². The molecular formula is C21H28N4O2. The number of hydrogen-bond acceptors (Lipinski definition) is 3. The highest BCUT2D eigenvalue weighted by molar-refractivity contribution is 6.06. The first-order valence-corrected chi connectivity index (χ1v) is 9.87. The number of aromatic nitrogens is 2. The molecule has 1 aliphatic rings. The number of fused-ring (bicyclic) bond motifs is 1. The van der Waals surface area contributed by atoms with Crippen molar-refractivity contribution in [1.82, 2.24) is 14.5 Å². The fraction of sp³-hybridized carbons (Fsp3) is 0.476. The third-order valence-corrected chi connectivity index (χ3v) is 5.19. The van der Waals surface area contributed by atoms with E-state index >= 15 is 0 Å². The fourth-order valence-corrected chi connectivity index (χ4v) is 3.71. The van der Waals surface area contributed by atoms with Crippen molar-refractivity contribution in [3.8, 4) is 0 Å². The summed E-state index contributed by atoms with van der Waals surface area (Å²) >= 11 is 0. The molecule has 2 amide bonds. The third-order valence-electron chi connectivity index (χ3n) is 5.19. The summed E-state index contributed by atoms with van der Waals surface area (Å²) in [6.07, 6.45) is 2.81. The molecule has 0 saturated carbocycles. The number of carbonyl (C=O) groups excluding carboxylic acids is 2. The predicted molar refractivity (Wildman–Crippen MR) is 106 cm³/mol. The Morgan fingerprint density at radius 2 is 1.70 bits per heavy atom. The molecule has 0 unspecified atom stereocenters. The summed E-state index contributed by atoms with van der Waals surface area (Å²) in [6, 6.07) is 9.62. The van der Waals surface area contributed by atoms with E-state index in [9.17, 15) is 9.59 Å². The number of imidazole rings is 1. The van der Waals surface area contributed by atoms with Crippen LogP contribution in [0.25, 0.3) is 0 Å². The molecule has 6 heteroatoms. The maximum atomic E-state index is 13.3. The lowest BCUT2D eigenvalue weighted by molar-refractivity contribution is 0.0754. The molecule has 0 fully saturated rings. The summed E-state index contributed by atoms with van der Waals surface area (Å²) in [4.78, 5) is 34.3. The van der Waals surface area contributed by atoms with Gasteiger partial charge < -0.3 is 14.4 Å². The van der Waals surface area contributed by atoms with E-state index in [0.717, 1.165) is 37.2 Å². The minimum absolute atomic E-state index is 0.0926. The van der Waals surface area contributed by atoms with Gasteiger partial charge in [0.25, 0.3) is 11.8 Å². The van der Waals surface area contributed by atoms with Crippen LogP contribution in [0.1, 0.15) is 60.4 Å². The molecule has 1 aliphatic heterocycles. The first-order valence-electron chi connectivity index (χ1n) is 9.87. The average Bonchev–Trinajstić information content (AvgIpc) is 3.10. The molecule has 0 bridgehead atoms. The summed E-state index contributed by atoms with van der Waals surface area (Å²) in [6.45, 7) is 8.43. The van der Waals surface area contributed by atoms with Crippen molar-refractivity contribution in [3.05, 3.63) is 47.5 Å². The monoisotopic (exact) mass is 368 g/mol. The van der Waals surface area contributed by atoms with E-state index in [0.29, 0.717) is 31.2 Å². The quantitative estimate of drug-likeness (QED) is 0.785. The number of nitrogens with zero attached hydrogens (tertiary/aromatic N) is 4. The van der Waals surface area contributed by atoms with Crippen LogP contribution in [0.2, 0.25) is 0 Å². The molecule has 0 spiro atoms. The van der Waals surface area contributed by atoms with Gasteiger partial charge in [0.15, 0.2) is 11.5 Å². The highest BCUT2D eigenvalue weighted by atomic mass is 16.2. The molecule has 0 aliphatic carbocycles. The predicted octanol–water partition coefficient (Wildman–Crippen LogP) is 3.37. The summed E-state index contributed by atoms with van der Waals surface area (Å²) in [5.74, 6) is 0.179. The zero-order chi connectivity index (χ0) is 19.4. The maximum absolute atomic E-state index is 13.3. The van der Waals surface area contributed by atoms with Crippen molar-refractivity contribution in [2.45, 2.75) is 46.6 Å². The van der Waals surface area contributed by atoms with E-state index in [-0.39, 0.29) is 11.8 Å². The number of para-hydroxylation sites is 1. The SMILES string of the molecule is CCN(CC)C(=O)c1nc(C(=O)N(CC)c2ccccc2)c2n1CCCC2. The molecule has 6 nitrogen and oxygen atoms in total. The molecule has 27 heavy (non-hydrogen) atoms. The van der Waals surface area contributed by atoms with Crippen LogP contribution in [-0.4, -0.2) is 45.9 Å². The van der Waals surface area contributed by atoms with Crippen LogP contribution in [0.15, 0.2) is 30.3 Å². The minimum Gasteiger partial charge on any atom is -0.337 e. The van der Waals surface area contributed by atoms with Gasteiger partial charge in [-0.05, 0) is 52.2 Å². The Morgan fingerprint density at radius 1 is 1.00 bits per heavy atom. The van der Waals surface area contributed by atoms with Crippen LogP contribution in [0.4, 0.5) is 5.69 Å². The van der Waals surface area contributed by atoms with Gasteiger partial charge in [-0.1, -0.05) is 18.2 Å². The van der Waals surface area contributed by atoms with Crippen LogP contribution >= 0.6 is 0 Å². The highest BCUT2D eigenvalue weighted by Crippen LogP contribution is 2.25. The van der Waals surface area contributed by atoms with Crippen LogP contribution in [0, 0.1) is 0 Å². The molecule has 144 valence electrons. The molecule has 2 aromatic rings. The van der Waals surface area contributed by atoms with Crippen molar-refractivity contribution in [1.29, 1.82) is 0 Å². The molecule has 1 aromatic carbocycles. The van der Waals surface area contributed by atoms with Gasteiger partial charge in [-0.15, -0.1) is 0 Å². The maximum Gasteiger partial charge on any atom is 0.289 e. The van der Waals surface area contributed by atoms with Crippen molar-refractivity contribution < 1.29 is 9.59 Å². The summed E-state index contributed by atoms with van der Waals surface area (Å²) < 4.78 is 1.97. The van der Waals surface area contributed by atoms with Crippen molar-refractivity contribution >= 4 is 17.5 Å². The van der Waals surface area contributed by atoms with E-state index in [1.54, 1.807) is 9.80 Å². The van der Waals surface area contributed by atoms with Crippen LogP contribution < -0.4 is 4.90 Å². The summed E-state index contributed by atoms with van der Waals surface area (Å²) in [7, 11) is 0. The zero-order valence-electron chi connectivity index (χ0n) is 16.4. The van der Waals surface area contributed by atoms with Crippen LogP contribution in [0.5, 0.6) is 0 Å². The van der Waals surface area contributed by atoms with Gasteiger partial charge in [-0.2, -0.15) is 0 Å². The number of carbonyl (C=O) groups is 2. The van der Waals surface area contributed by atoms with Crippen molar-refractivity contribution in [2.75, 3.05) is 24.5 Å². The number of anilines is 1. The van der Waals surface area contributed by atoms with Gasteiger partial charge in [0.2, 0.25) is 0 Å². The minimum atomic E-state index is -0.132. The number of amides is 2. The second kappa shape index (κ2) is 8.37. The van der Waals surface area contributed by atoms with E-state index in [1.165, 1.54) is 0 Å². The molecule has 0 atom stereocenters. The van der Waals surface area contributed by atoms with E-state index in [2.05, 4.69) is 4.98 Å². The second-order valence-electron chi connectivity index (χ2n) is 6.70. The van der Waals surface area contributed by atoms with Gasteiger partial charge in [0.05, 0.1) is 5.69 Å². The summed E-state index contributed by atoms with van der Waals surface area (Å²) in [5, 5.41) is 0. The molecule has 0 radical (unpaired) electrons. The van der Waals surface area contributed by atoms with Crippen molar-refractivity contribution in [2.24, 2.45) is 0 Å². The van der Waals surface area contributed by atoms with Gasteiger partial charge in [-0.25, -0.2) is 4.98 Å². The Morgan fingerprint density at radius 3 is 2.33 bits per heavy atom. The van der Waals surface area contributed by atoms with E-state index in [1.807, 2.05) is 55.7 Å². The lowest BCUT2D eigenvalue weighted by atomic mass is 10.1. The first-order chi connectivity index (χ1) is 13.1. The topological polar surface area (TPSA) is 58.4 Å². The molecule has 3 rings (SSSR count). The summed E-state index contributed by atoms with van der Waals surface area (Å²) in [5.41, 5.74) is 2.17. The Bertz CT molecular complexity index is 809. The smallest absolute Gasteiger partial charge is 0.289 e. The van der Waals surface area contributed by atoms with Crippen LogP contribution in [0.3, 0.4) is 0 Å². The van der Waals surface area contributed by atoms with E-state index < -0.39 is 0 Å². The van der Waals surface area contributed by atoms with Gasteiger partial charge in [0, 0.05) is 31.9 Å². The lowest BCUT2D eigenvalue weighted by Gasteiger charge is -2.22. The van der Waals surface area contributed by atoms with Gasteiger partial charge >= 0.3 is 0 Å². The molecule has 0 N–H and O–H groups in total. The second-order valence-corrected chi connectivity index (χ2v) is 6.70. The number of rotatable bonds is 6. The Balaban J connectivity index is 2.03. The number of hydrogen-bond donors (Lipinski definition) is 0. The number of benzene rings is 1. The van der Waals surface area contributed by atoms with Crippen LogP contribution in [-0.2, 0) is 13.0 Å². The fourth-order valence-electron chi connectivity index (χ4n) is 3.71. The third kappa shape index (κ3) is 3.61. The largest absolute Gasteiger partial charge is 0.337 e.